The number of methoxy groups -OCH3 is 1. The van der Waals surface area contributed by atoms with Gasteiger partial charge in [0, 0.05) is 6.04 Å². The number of hydrogen-bond donors (Lipinski definition) is 1. The summed E-state index contributed by atoms with van der Waals surface area (Å²) in [6.07, 6.45) is 4.73. The summed E-state index contributed by atoms with van der Waals surface area (Å²) in [6.45, 7) is 1.72. The lowest BCUT2D eigenvalue weighted by molar-refractivity contribution is 0.0596. The zero-order chi connectivity index (χ0) is 13.5. The Labute approximate surface area is 114 Å². The molecule has 1 unspecified atom stereocenters. The van der Waals surface area contributed by atoms with Gasteiger partial charge in [0.15, 0.2) is 0 Å². The number of esters is 1. The van der Waals surface area contributed by atoms with E-state index in [9.17, 15) is 4.79 Å². The molecule has 104 valence electrons. The van der Waals surface area contributed by atoms with Crippen LogP contribution in [0.5, 0.6) is 5.75 Å². The molecule has 1 N–H and O–H groups in total. The summed E-state index contributed by atoms with van der Waals surface area (Å²) in [6, 6.07) is 7.74. The first-order valence-corrected chi connectivity index (χ1v) is 6.85. The Kier molecular flexibility index (Phi) is 5.21. The lowest BCUT2D eigenvalue weighted by Gasteiger charge is -2.23. The van der Waals surface area contributed by atoms with Gasteiger partial charge in [0.1, 0.15) is 11.3 Å². The largest absolute Gasteiger partial charge is 0.493 e. The quantitative estimate of drug-likeness (QED) is 0.829. The van der Waals surface area contributed by atoms with Gasteiger partial charge in [0.25, 0.3) is 0 Å². The average molecular weight is 263 g/mol. The third-order valence-corrected chi connectivity index (χ3v) is 3.43. The Balaban J connectivity index is 1.86. The molecular formula is C15H21NO3. The smallest absolute Gasteiger partial charge is 0.341 e. The fourth-order valence-electron chi connectivity index (χ4n) is 2.35. The van der Waals surface area contributed by atoms with Gasteiger partial charge in [-0.05, 0) is 37.9 Å². The lowest BCUT2D eigenvalue weighted by Crippen LogP contribution is -2.35. The molecule has 0 amide bonds. The number of rotatable bonds is 5. The Hall–Kier alpha value is -1.55. The predicted molar refractivity (Wildman–Crippen MR) is 73.5 cm³/mol. The Morgan fingerprint density at radius 3 is 2.95 bits per heavy atom. The molecule has 0 radical (unpaired) electrons. The molecule has 1 fully saturated rings. The van der Waals surface area contributed by atoms with Crippen LogP contribution in [-0.2, 0) is 4.74 Å². The fraction of sp³-hybridized carbons (Fsp3) is 0.533. The minimum Gasteiger partial charge on any atom is -0.493 e. The Morgan fingerprint density at radius 1 is 1.37 bits per heavy atom. The molecule has 19 heavy (non-hydrogen) atoms. The van der Waals surface area contributed by atoms with E-state index in [0.29, 0.717) is 24.0 Å². The van der Waals surface area contributed by atoms with Crippen LogP contribution in [-0.4, -0.2) is 32.3 Å². The van der Waals surface area contributed by atoms with Crippen LogP contribution < -0.4 is 10.1 Å². The van der Waals surface area contributed by atoms with Crippen molar-refractivity contribution in [2.75, 3.05) is 20.3 Å². The van der Waals surface area contributed by atoms with Crippen LogP contribution in [0.15, 0.2) is 24.3 Å². The molecule has 1 aromatic carbocycles. The summed E-state index contributed by atoms with van der Waals surface area (Å²) in [7, 11) is 1.38. The highest BCUT2D eigenvalue weighted by Crippen LogP contribution is 2.19. The van der Waals surface area contributed by atoms with Crippen molar-refractivity contribution in [1.29, 1.82) is 0 Å². The molecule has 0 saturated carbocycles. The minimum atomic E-state index is -0.355. The molecule has 1 atom stereocenters. The molecular weight excluding hydrogens is 242 g/mol. The zero-order valence-electron chi connectivity index (χ0n) is 11.4. The van der Waals surface area contributed by atoms with Crippen molar-refractivity contribution in [2.24, 2.45) is 0 Å². The van der Waals surface area contributed by atoms with Gasteiger partial charge in [-0.25, -0.2) is 4.79 Å². The van der Waals surface area contributed by atoms with Crippen LogP contribution in [0.25, 0.3) is 0 Å². The Morgan fingerprint density at radius 2 is 2.21 bits per heavy atom. The van der Waals surface area contributed by atoms with Crippen LogP contribution in [0, 0.1) is 0 Å². The van der Waals surface area contributed by atoms with Crippen LogP contribution >= 0.6 is 0 Å². The number of benzene rings is 1. The van der Waals surface area contributed by atoms with Crippen LogP contribution in [0.2, 0.25) is 0 Å². The highest BCUT2D eigenvalue weighted by Gasteiger charge is 2.14. The van der Waals surface area contributed by atoms with Crippen molar-refractivity contribution in [3.8, 4) is 5.75 Å². The van der Waals surface area contributed by atoms with Gasteiger partial charge in [-0.2, -0.15) is 0 Å². The maximum atomic E-state index is 11.6. The molecule has 0 spiro atoms. The van der Waals surface area contributed by atoms with Gasteiger partial charge in [-0.3, -0.25) is 0 Å². The van der Waals surface area contributed by atoms with E-state index in [-0.39, 0.29) is 5.97 Å². The van der Waals surface area contributed by atoms with E-state index in [2.05, 4.69) is 5.32 Å². The van der Waals surface area contributed by atoms with Gasteiger partial charge < -0.3 is 14.8 Å². The third kappa shape index (κ3) is 3.96. The number of para-hydroxylation sites is 1. The summed E-state index contributed by atoms with van der Waals surface area (Å²) >= 11 is 0. The van der Waals surface area contributed by atoms with Crippen LogP contribution in [0.3, 0.4) is 0 Å². The summed E-state index contributed by atoms with van der Waals surface area (Å²) in [5.41, 5.74) is 0.488. The third-order valence-electron chi connectivity index (χ3n) is 3.43. The van der Waals surface area contributed by atoms with E-state index in [1.54, 1.807) is 12.1 Å². The normalized spacial score (nSPS) is 18.9. The molecule has 0 bridgehead atoms. The molecule has 1 heterocycles. The molecule has 2 rings (SSSR count). The number of hydrogen-bond acceptors (Lipinski definition) is 4. The molecule has 1 aromatic rings. The van der Waals surface area contributed by atoms with Crippen molar-refractivity contribution in [3.05, 3.63) is 29.8 Å². The zero-order valence-corrected chi connectivity index (χ0v) is 11.4. The second kappa shape index (κ2) is 7.14. The standard InChI is InChI=1S/C15H21NO3/c1-18-15(17)13-7-2-3-8-14(13)19-11-9-12-6-4-5-10-16-12/h2-3,7-8,12,16H,4-6,9-11H2,1H3. The van der Waals surface area contributed by atoms with E-state index in [0.717, 1.165) is 13.0 Å². The molecule has 1 aliphatic rings. The SMILES string of the molecule is COC(=O)c1ccccc1OCCC1CCCCN1. The van der Waals surface area contributed by atoms with E-state index < -0.39 is 0 Å². The van der Waals surface area contributed by atoms with Crippen molar-refractivity contribution < 1.29 is 14.3 Å². The van der Waals surface area contributed by atoms with Crippen LogP contribution in [0.4, 0.5) is 0 Å². The van der Waals surface area contributed by atoms with Crippen molar-refractivity contribution >= 4 is 5.97 Å². The highest BCUT2D eigenvalue weighted by molar-refractivity contribution is 5.92. The second-order valence-electron chi connectivity index (χ2n) is 4.77. The maximum Gasteiger partial charge on any atom is 0.341 e. The highest BCUT2D eigenvalue weighted by atomic mass is 16.5. The predicted octanol–water partition coefficient (Wildman–Crippen LogP) is 2.38. The second-order valence-corrected chi connectivity index (χ2v) is 4.77. The van der Waals surface area contributed by atoms with Crippen LogP contribution in [0.1, 0.15) is 36.0 Å². The number of ether oxygens (including phenoxy) is 2. The minimum absolute atomic E-state index is 0.355. The monoisotopic (exact) mass is 263 g/mol. The molecule has 0 aliphatic carbocycles. The summed E-state index contributed by atoms with van der Waals surface area (Å²) in [4.78, 5) is 11.6. The number of nitrogens with one attached hydrogen (secondary N) is 1. The van der Waals surface area contributed by atoms with E-state index in [1.165, 1.54) is 26.4 Å². The summed E-state index contributed by atoms with van der Waals surface area (Å²) in [5, 5.41) is 3.48. The summed E-state index contributed by atoms with van der Waals surface area (Å²) < 4.78 is 10.5. The first-order chi connectivity index (χ1) is 9.31. The van der Waals surface area contributed by atoms with Gasteiger partial charge in [-0.15, -0.1) is 0 Å². The Bertz CT molecular complexity index is 414. The number of piperidine rings is 1. The topological polar surface area (TPSA) is 47.6 Å². The van der Waals surface area contributed by atoms with E-state index in [4.69, 9.17) is 9.47 Å². The molecule has 1 saturated heterocycles. The van der Waals surface area contributed by atoms with Crippen molar-refractivity contribution in [3.63, 3.8) is 0 Å². The average Bonchev–Trinajstić information content (AvgIpc) is 2.48. The first-order valence-electron chi connectivity index (χ1n) is 6.85. The molecule has 4 nitrogen and oxygen atoms in total. The maximum absolute atomic E-state index is 11.6. The van der Waals surface area contributed by atoms with E-state index in [1.807, 2.05) is 12.1 Å². The van der Waals surface area contributed by atoms with Gasteiger partial charge in [-0.1, -0.05) is 18.6 Å². The lowest BCUT2D eigenvalue weighted by atomic mass is 10.0. The summed E-state index contributed by atoms with van der Waals surface area (Å²) in [5.74, 6) is 0.247. The number of carbonyl (C=O) groups excluding carboxylic acids is 1. The number of carbonyl (C=O) groups is 1. The fourth-order valence-corrected chi connectivity index (χ4v) is 2.35. The first kappa shape index (κ1) is 13.9. The van der Waals surface area contributed by atoms with Gasteiger partial charge >= 0.3 is 5.97 Å². The van der Waals surface area contributed by atoms with E-state index >= 15 is 0 Å². The van der Waals surface area contributed by atoms with Crippen molar-refractivity contribution in [1.82, 2.24) is 5.32 Å². The molecule has 1 aliphatic heterocycles. The van der Waals surface area contributed by atoms with Gasteiger partial charge in [0.2, 0.25) is 0 Å². The molecule has 4 heteroatoms. The van der Waals surface area contributed by atoms with Crippen molar-refractivity contribution in [2.45, 2.75) is 31.7 Å². The van der Waals surface area contributed by atoms with Gasteiger partial charge in [0.05, 0.1) is 13.7 Å². The molecule has 0 aromatic heterocycles.